The lowest BCUT2D eigenvalue weighted by Gasteiger charge is -2.06. The van der Waals surface area contributed by atoms with Crippen LogP contribution in [0.3, 0.4) is 0 Å². The molecule has 0 bridgehead atoms. The van der Waals surface area contributed by atoms with Gasteiger partial charge in [0.05, 0.1) is 6.04 Å². The summed E-state index contributed by atoms with van der Waals surface area (Å²) in [7, 11) is 0. The molecule has 0 spiro atoms. The quantitative estimate of drug-likeness (QED) is 0.460. The van der Waals surface area contributed by atoms with Gasteiger partial charge in [0.2, 0.25) is 0 Å². The fourth-order valence-electron chi connectivity index (χ4n) is 0.646. The van der Waals surface area contributed by atoms with Crippen LogP contribution in [0.1, 0.15) is 13.8 Å². The minimum atomic E-state index is 0.398. The molecule has 3 heteroatoms. The fraction of sp³-hybridized carbons (Fsp3) is 0.800. The zero-order valence-electron chi connectivity index (χ0n) is 5.18. The summed E-state index contributed by atoms with van der Waals surface area (Å²) in [6, 6.07) is 0.412. The molecule has 0 saturated heterocycles. The number of hydrogen-bond acceptors (Lipinski definition) is 3. The summed E-state index contributed by atoms with van der Waals surface area (Å²) in [5, 5.41) is 3.84. The third-order valence-electron chi connectivity index (χ3n) is 1.61. The van der Waals surface area contributed by atoms with Crippen molar-refractivity contribution in [3.05, 3.63) is 0 Å². The van der Waals surface area contributed by atoms with Crippen molar-refractivity contribution in [2.75, 3.05) is 0 Å². The van der Waals surface area contributed by atoms with Crippen molar-refractivity contribution in [3.63, 3.8) is 0 Å². The van der Waals surface area contributed by atoms with Gasteiger partial charge in [-0.1, -0.05) is 6.92 Å². The molecule has 0 radical (unpaired) electrons. The highest BCUT2D eigenvalue weighted by molar-refractivity contribution is 5.84. The molecule has 1 heterocycles. The van der Waals surface area contributed by atoms with Crippen molar-refractivity contribution in [3.8, 4) is 0 Å². The summed E-state index contributed by atoms with van der Waals surface area (Å²) in [5.41, 5.74) is 8.34. The fourth-order valence-corrected chi connectivity index (χ4v) is 0.646. The molecule has 46 valence electrons. The predicted molar refractivity (Wildman–Crippen MR) is 33.4 cm³/mol. The van der Waals surface area contributed by atoms with Crippen LogP contribution in [0.25, 0.3) is 0 Å². The van der Waals surface area contributed by atoms with Gasteiger partial charge in [0.25, 0.3) is 0 Å². The van der Waals surface area contributed by atoms with Gasteiger partial charge < -0.3 is 11.2 Å². The molecule has 2 unspecified atom stereocenters. The van der Waals surface area contributed by atoms with Crippen LogP contribution >= 0.6 is 0 Å². The summed E-state index contributed by atoms with van der Waals surface area (Å²) < 4.78 is 0. The monoisotopic (exact) mass is 113 g/mol. The van der Waals surface area contributed by atoms with E-state index in [2.05, 4.69) is 24.4 Å². The van der Waals surface area contributed by atoms with Gasteiger partial charge in [0.15, 0.2) is 0 Å². The third-order valence-corrected chi connectivity index (χ3v) is 1.61. The van der Waals surface area contributed by atoms with Crippen LogP contribution in [0.5, 0.6) is 0 Å². The molecule has 3 nitrogen and oxygen atoms in total. The number of rotatable bonds is 0. The first kappa shape index (κ1) is 5.41. The van der Waals surface area contributed by atoms with E-state index in [0.717, 1.165) is 5.84 Å². The van der Waals surface area contributed by atoms with Gasteiger partial charge in [0.1, 0.15) is 5.84 Å². The standard InChI is InChI=1S/C5H11N3/c1-3-4(2)7-8-5(3)6/h3-4,7H,1-2H3,(H2,6,8). The SMILES string of the molecule is CC1NN=C(N)C1C. The normalized spacial score (nSPS) is 36.5. The van der Waals surface area contributed by atoms with E-state index >= 15 is 0 Å². The topological polar surface area (TPSA) is 50.4 Å². The second-order valence-electron chi connectivity index (χ2n) is 2.24. The predicted octanol–water partition coefficient (Wildman–Crippen LogP) is -0.114. The molecule has 1 rings (SSSR count). The Kier molecular flexibility index (Phi) is 1.12. The lowest BCUT2D eigenvalue weighted by molar-refractivity contribution is 0.541. The molecule has 0 fully saturated rings. The summed E-state index contributed by atoms with van der Waals surface area (Å²) >= 11 is 0. The van der Waals surface area contributed by atoms with E-state index in [0.29, 0.717) is 12.0 Å². The number of hydrogen-bond donors (Lipinski definition) is 2. The minimum absolute atomic E-state index is 0.398. The largest absolute Gasteiger partial charge is 0.385 e. The molecule has 0 aromatic heterocycles. The van der Waals surface area contributed by atoms with Gasteiger partial charge in [-0.3, -0.25) is 0 Å². The molecule has 3 N–H and O–H groups in total. The summed E-state index contributed by atoms with van der Waals surface area (Å²) in [4.78, 5) is 0. The van der Waals surface area contributed by atoms with E-state index in [4.69, 9.17) is 5.73 Å². The molecule has 0 aromatic rings. The molecule has 1 aliphatic heterocycles. The smallest absolute Gasteiger partial charge is 0.124 e. The molecule has 0 aliphatic carbocycles. The van der Waals surface area contributed by atoms with Crippen molar-refractivity contribution in [1.29, 1.82) is 0 Å². The first-order valence-electron chi connectivity index (χ1n) is 2.80. The van der Waals surface area contributed by atoms with E-state index in [-0.39, 0.29) is 0 Å². The van der Waals surface area contributed by atoms with E-state index in [1.54, 1.807) is 0 Å². The Balaban J connectivity index is 2.59. The van der Waals surface area contributed by atoms with Crippen LogP contribution in [0.2, 0.25) is 0 Å². The highest BCUT2D eigenvalue weighted by Crippen LogP contribution is 2.06. The summed E-state index contributed by atoms with van der Waals surface area (Å²) in [6.07, 6.45) is 0. The summed E-state index contributed by atoms with van der Waals surface area (Å²) in [6.45, 7) is 4.12. The molecule has 0 saturated carbocycles. The maximum absolute atomic E-state index is 5.46. The highest BCUT2D eigenvalue weighted by atomic mass is 15.4. The van der Waals surface area contributed by atoms with Crippen LogP contribution < -0.4 is 11.2 Å². The molecular weight excluding hydrogens is 102 g/mol. The number of nitrogens with two attached hydrogens (primary N) is 1. The molecule has 0 aromatic carbocycles. The van der Waals surface area contributed by atoms with Crippen LogP contribution in [0.15, 0.2) is 5.10 Å². The van der Waals surface area contributed by atoms with Crippen LogP contribution in [0, 0.1) is 5.92 Å². The van der Waals surface area contributed by atoms with Crippen molar-refractivity contribution in [1.82, 2.24) is 5.43 Å². The Labute approximate surface area is 48.9 Å². The Morgan fingerprint density at radius 2 is 2.25 bits per heavy atom. The Bertz CT molecular complexity index is 119. The zero-order valence-corrected chi connectivity index (χ0v) is 5.18. The molecular formula is C5H11N3. The number of hydrazone groups is 1. The molecule has 8 heavy (non-hydrogen) atoms. The van der Waals surface area contributed by atoms with Crippen molar-refractivity contribution in [2.45, 2.75) is 19.9 Å². The molecule has 0 amide bonds. The van der Waals surface area contributed by atoms with Crippen molar-refractivity contribution in [2.24, 2.45) is 16.8 Å². The van der Waals surface area contributed by atoms with Crippen LogP contribution in [-0.4, -0.2) is 11.9 Å². The van der Waals surface area contributed by atoms with Gasteiger partial charge in [0, 0.05) is 5.92 Å². The maximum atomic E-state index is 5.46. The van der Waals surface area contributed by atoms with Gasteiger partial charge in [-0.15, -0.1) is 0 Å². The lowest BCUT2D eigenvalue weighted by Crippen LogP contribution is -2.26. The Morgan fingerprint density at radius 1 is 1.62 bits per heavy atom. The average molecular weight is 113 g/mol. The second kappa shape index (κ2) is 1.65. The van der Waals surface area contributed by atoms with Crippen LogP contribution in [-0.2, 0) is 0 Å². The Morgan fingerprint density at radius 3 is 2.38 bits per heavy atom. The minimum Gasteiger partial charge on any atom is -0.385 e. The average Bonchev–Trinajstić information content (AvgIpc) is 1.98. The first-order valence-corrected chi connectivity index (χ1v) is 2.80. The van der Waals surface area contributed by atoms with Crippen molar-refractivity contribution >= 4 is 5.84 Å². The number of amidine groups is 1. The zero-order chi connectivity index (χ0) is 6.15. The first-order chi connectivity index (χ1) is 3.72. The second-order valence-corrected chi connectivity index (χ2v) is 2.24. The third kappa shape index (κ3) is 0.638. The molecule has 2 atom stereocenters. The molecule has 1 aliphatic rings. The van der Waals surface area contributed by atoms with E-state index in [1.165, 1.54) is 0 Å². The van der Waals surface area contributed by atoms with Crippen molar-refractivity contribution < 1.29 is 0 Å². The Hall–Kier alpha value is -0.730. The van der Waals surface area contributed by atoms with Crippen LogP contribution in [0.4, 0.5) is 0 Å². The van der Waals surface area contributed by atoms with E-state index in [9.17, 15) is 0 Å². The van der Waals surface area contributed by atoms with E-state index < -0.39 is 0 Å². The number of nitrogens with one attached hydrogen (secondary N) is 1. The summed E-state index contributed by atoms with van der Waals surface area (Å²) in [5.74, 6) is 1.12. The van der Waals surface area contributed by atoms with Gasteiger partial charge in [-0.2, -0.15) is 5.10 Å². The van der Waals surface area contributed by atoms with Gasteiger partial charge in [-0.05, 0) is 6.92 Å². The highest BCUT2D eigenvalue weighted by Gasteiger charge is 2.20. The lowest BCUT2D eigenvalue weighted by atomic mass is 10.1. The van der Waals surface area contributed by atoms with Gasteiger partial charge in [-0.25, -0.2) is 0 Å². The number of nitrogens with zero attached hydrogens (tertiary/aromatic N) is 1. The maximum Gasteiger partial charge on any atom is 0.124 e. The van der Waals surface area contributed by atoms with E-state index in [1.807, 2.05) is 0 Å². The van der Waals surface area contributed by atoms with Gasteiger partial charge >= 0.3 is 0 Å².